The number of aromatic nitrogens is 5. The zero-order valence-corrected chi connectivity index (χ0v) is 15.6. The maximum Gasteiger partial charge on any atom is 0.252 e. The van der Waals surface area contributed by atoms with Gasteiger partial charge in [-0.15, -0.1) is 5.10 Å². The molecule has 8 heteroatoms. The van der Waals surface area contributed by atoms with E-state index in [1.54, 1.807) is 11.1 Å². The Balaban J connectivity index is 1.53. The van der Waals surface area contributed by atoms with Gasteiger partial charge in [0.1, 0.15) is 11.9 Å². The number of pyridine rings is 1. The van der Waals surface area contributed by atoms with Gasteiger partial charge >= 0.3 is 0 Å². The van der Waals surface area contributed by atoms with E-state index in [0.717, 1.165) is 11.1 Å². The second-order valence-electron chi connectivity index (χ2n) is 7.18. The van der Waals surface area contributed by atoms with Crippen LogP contribution in [0.5, 0.6) is 0 Å². The highest BCUT2D eigenvalue weighted by Crippen LogP contribution is 2.33. The molecule has 3 heterocycles. The summed E-state index contributed by atoms with van der Waals surface area (Å²) in [5.74, 6) is -0.0857. The lowest BCUT2D eigenvalue weighted by Gasteiger charge is -2.39. The molecule has 8 nitrogen and oxygen atoms in total. The van der Waals surface area contributed by atoms with E-state index in [0.29, 0.717) is 31.6 Å². The molecule has 1 aliphatic rings. The van der Waals surface area contributed by atoms with Crippen LogP contribution in [-0.4, -0.2) is 54.2 Å². The first kappa shape index (κ1) is 18.2. The van der Waals surface area contributed by atoms with E-state index in [4.69, 9.17) is 0 Å². The molecule has 144 valence electrons. The molecular weight excluding hydrogens is 356 g/mol. The number of hydrogen-bond donors (Lipinski definition) is 1. The summed E-state index contributed by atoms with van der Waals surface area (Å²) in [6.07, 6.45) is 4.08. The Morgan fingerprint density at radius 2 is 1.89 bits per heavy atom. The van der Waals surface area contributed by atoms with Gasteiger partial charge in [0.2, 0.25) is 0 Å². The molecular formula is C20H22N6O2. The minimum atomic E-state index is -1.01. The molecule has 0 spiro atoms. The van der Waals surface area contributed by atoms with Gasteiger partial charge in [0.25, 0.3) is 5.91 Å². The molecule has 0 saturated carbocycles. The quantitative estimate of drug-likeness (QED) is 0.739. The molecule has 1 atom stereocenters. The number of likely N-dealkylation sites (tertiary alicyclic amines) is 1. The van der Waals surface area contributed by atoms with E-state index < -0.39 is 11.6 Å². The minimum Gasteiger partial charge on any atom is -0.383 e. The SMILES string of the molecule is Cc1ccc(C2(O)CCN(C(=O)[C@@H](c3ccccc3)n3cnnn3)CC2)nc1. The summed E-state index contributed by atoms with van der Waals surface area (Å²) in [7, 11) is 0. The maximum absolute atomic E-state index is 13.3. The van der Waals surface area contributed by atoms with Crippen molar-refractivity contribution in [3.8, 4) is 0 Å². The molecule has 4 rings (SSSR count). The Labute approximate surface area is 162 Å². The molecule has 0 aliphatic carbocycles. The summed E-state index contributed by atoms with van der Waals surface area (Å²) in [5.41, 5.74) is 1.51. The summed E-state index contributed by atoms with van der Waals surface area (Å²) in [6, 6.07) is 12.6. The topological polar surface area (TPSA) is 97.0 Å². The van der Waals surface area contributed by atoms with E-state index >= 15 is 0 Å². The van der Waals surface area contributed by atoms with Gasteiger partial charge in [-0.3, -0.25) is 9.78 Å². The average molecular weight is 378 g/mol. The Morgan fingerprint density at radius 1 is 1.14 bits per heavy atom. The number of amides is 1. The lowest BCUT2D eigenvalue weighted by atomic mass is 9.87. The fourth-order valence-corrected chi connectivity index (χ4v) is 3.60. The van der Waals surface area contributed by atoms with Crippen molar-refractivity contribution in [2.75, 3.05) is 13.1 Å². The van der Waals surface area contributed by atoms with Crippen molar-refractivity contribution >= 4 is 5.91 Å². The van der Waals surface area contributed by atoms with Gasteiger partial charge in [-0.25, -0.2) is 4.68 Å². The number of hydrogen-bond acceptors (Lipinski definition) is 6. The van der Waals surface area contributed by atoms with Crippen molar-refractivity contribution in [2.45, 2.75) is 31.4 Å². The number of rotatable bonds is 4. The average Bonchev–Trinajstić information content (AvgIpc) is 3.24. The van der Waals surface area contributed by atoms with Crippen molar-refractivity contribution in [3.63, 3.8) is 0 Å². The molecule has 28 heavy (non-hydrogen) atoms. The van der Waals surface area contributed by atoms with Crippen LogP contribution in [0, 0.1) is 6.92 Å². The van der Waals surface area contributed by atoms with Crippen LogP contribution >= 0.6 is 0 Å². The first-order valence-corrected chi connectivity index (χ1v) is 9.28. The van der Waals surface area contributed by atoms with Gasteiger partial charge in [0, 0.05) is 19.3 Å². The second kappa shape index (κ2) is 7.47. The lowest BCUT2D eigenvalue weighted by Crippen LogP contribution is -2.48. The number of benzene rings is 1. The summed E-state index contributed by atoms with van der Waals surface area (Å²) in [6.45, 7) is 2.84. The third-order valence-corrected chi connectivity index (χ3v) is 5.27. The Morgan fingerprint density at radius 3 is 2.50 bits per heavy atom. The molecule has 0 bridgehead atoms. The minimum absolute atomic E-state index is 0.0857. The zero-order valence-electron chi connectivity index (χ0n) is 15.6. The van der Waals surface area contributed by atoms with Gasteiger partial charge in [-0.1, -0.05) is 36.4 Å². The van der Waals surface area contributed by atoms with Crippen molar-refractivity contribution < 1.29 is 9.90 Å². The van der Waals surface area contributed by atoms with Crippen LogP contribution in [0.4, 0.5) is 0 Å². The fraction of sp³-hybridized carbons (Fsp3) is 0.350. The Bertz CT molecular complexity index is 919. The summed E-state index contributed by atoms with van der Waals surface area (Å²) < 4.78 is 1.47. The molecule has 0 unspecified atom stereocenters. The van der Waals surface area contributed by atoms with Crippen LogP contribution in [0.1, 0.15) is 35.7 Å². The van der Waals surface area contributed by atoms with Crippen molar-refractivity contribution in [1.82, 2.24) is 30.1 Å². The number of nitrogens with zero attached hydrogens (tertiary/aromatic N) is 6. The molecule has 2 aromatic heterocycles. The highest BCUT2D eigenvalue weighted by atomic mass is 16.3. The standard InChI is InChI=1S/C20H22N6O2/c1-15-7-8-17(21-13-15)20(28)9-11-25(12-10-20)19(27)18(26-14-22-23-24-26)16-5-3-2-4-6-16/h2-8,13-14,18,28H,9-12H2,1H3/t18-/m1/s1. The number of piperidine rings is 1. The smallest absolute Gasteiger partial charge is 0.252 e. The molecule has 3 aromatic rings. The lowest BCUT2D eigenvalue weighted by molar-refractivity contribution is -0.138. The van der Waals surface area contributed by atoms with E-state index in [9.17, 15) is 9.90 Å². The van der Waals surface area contributed by atoms with Crippen molar-refractivity contribution in [1.29, 1.82) is 0 Å². The molecule has 1 saturated heterocycles. The predicted molar refractivity (Wildman–Crippen MR) is 101 cm³/mol. The summed E-state index contributed by atoms with van der Waals surface area (Å²) >= 11 is 0. The van der Waals surface area contributed by atoms with Crippen LogP contribution in [0.3, 0.4) is 0 Å². The Hall–Kier alpha value is -3.13. The Kier molecular flexibility index (Phi) is 4.87. The molecule has 1 aliphatic heterocycles. The first-order valence-electron chi connectivity index (χ1n) is 9.28. The van der Waals surface area contributed by atoms with E-state index in [1.165, 1.54) is 11.0 Å². The normalized spacial score (nSPS) is 17.3. The molecule has 1 N–H and O–H groups in total. The number of carbonyl (C=O) groups is 1. The van der Waals surface area contributed by atoms with Crippen molar-refractivity contribution in [3.05, 3.63) is 71.8 Å². The molecule has 1 amide bonds. The predicted octanol–water partition coefficient (Wildman–Crippen LogP) is 1.48. The van der Waals surface area contributed by atoms with Crippen LogP contribution in [-0.2, 0) is 10.4 Å². The van der Waals surface area contributed by atoms with Gasteiger partial charge in [0.15, 0.2) is 6.04 Å². The monoisotopic (exact) mass is 378 g/mol. The van der Waals surface area contributed by atoms with E-state index in [2.05, 4.69) is 20.5 Å². The van der Waals surface area contributed by atoms with Crippen LogP contribution in [0.2, 0.25) is 0 Å². The number of tetrazole rings is 1. The van der Waals surface area contributed by atoms with Gasteiger partial charge < -0.3 is 10.0 Å². The summed E-state index contributed by atoms with van der Waals surface area (Å²) in [5, 5.41) is 22.3. The maximum atomic E-state index is 13.3. The van der Waals surface area contributed by atoms with E-state index in [1.807, 2.05) is 49.4 Å². The highest BCUT2D eigenvalue weighted by Gasteiger charge is 2.38. The number of aliphatic hydroxyl groups is 1. The second-order valence-corrected chi connectivity index (χ2v) is 7.18. The number of carbonyl (C=O) groups excluding carboxylic acids is 1. The summed E-state index contributed by atoms with van der Waals surface area (Å²) in [4.78, 5) is 19.5. The largest absolute Gasteiger partial charge is 0.383 e. The first-order chi connectivity index (χ1) is 13.6. The third-order valence-electron chi connectivity index (χ3n) is 5.27. The van der Waals surface area contributed by atoms with Crippen molar-refractivity contribution in [2.24, 2.45) is 0 Å². The van der Waals surface area contributed by atoms with Crippen LogP contribution < -0.4 is 0 Å². The third kappa shape index (κ3) is 3.50. The van der Waals surface area contributed by atoms with E-state index in [-0.39, 0.29) is 5.91 Å². The van der Waals surface area contributed by atoms with Gasteiger partial charge in [0.05, 0.1) is 5.69 Å². The van der Waals surface area contributed by atoms with Crippen LogP contribution in [0.15, 0.2) is 55.0 Å². The molecule has 1 fully saturated rings. The van der Waals surface area contributed by atoms with Gasteiger partial charge in [-0.05, 0) is 47.4 Å². The molecule has 1 aromatic carbocycles. The highest BCUT2D eigenvalue weighted by molar-refractivity contribution is 5.83. The van der Waals surface area contributed by atoms with Gasteiger partial charge in [-0.2, -0.15) is 0 Å². The fourth-order valence-electron chi connectivity index (χ4n) is 3.60. The molecule has 0 radical (unpaired) electrons. The zero-order chi connectivity index (χ0) is 19.6. The van der Waals surface area contributed by atoms with Crippen LogP contribution in [0.25, 0.3) is 0 Å². The number of aryl methyl sites for hydroxylation is 1.